The van der Waals surface area contributed by atoms with Crippen LogP contribution >= 0.6 is 12.6 Å². The fourth-order valence-corrected chi connectivity index (χ4v) is 1.15. The number of hydrogen-bond donors (Lipinski definition) is 2. The Morgan fingerprint density at radius 3 is 2.65 bits per heavy atom. The highest BCUT2D eigenvalue weighted by Crippen LogP contribution is 2.00. The maximum absolute atomic E-state index is 11.0. The van der Waals surface area contributed by atoms with Crippen molar-refractivity contribution >= 4 is 29.9 Å². The summed E-state index contributed by atoms with van der Waals surface area (Å²) in [6.45, 7) is 0.0197. The van der Waals surface area contributed by atoms with Crippen LogP contribution in [-0.4, -0.2) is 24.4 Å². The molecule has 17 heavy (non-hydrogen) atoms. The summed E-state index contributed by atoms with van der Waals surface area (Å²) >= 11 is 3.51. The third-order valence-corrected chi connectivity index (χ3v) is 1.96. The number of carbonyl (C=O) groups excluding carboxylic acids is 2. The molecule has 0 fully saturated rings. The van der Waals surface area contributed by atoms with Crippen molar-refractivity contribution in [3.8, 4) is 0 Å². The Labute approximate surface area is 105 Å². The second-order valence-electron chi connectivity index (χ2n) is 3.16. The molecule has 0 atom stereocenters. The van der Waals surface area contributed by atoms with E-state index in [1.165, 1.54) is 0 Å². The summed E-state index contributed by atoms with van der Waals surface area (Å²) in [4.78, 5) is 21.4. The zero-order valence-electron chi connectivity index (χ0n) is 9.13. The van der Waals surface area contributed by atoms with Gasteiger partial charge in [0.25, 0.3) is 0 Å². The summed E-state index contributed by atoms with van der Waals surface area (Å²) in [6, 6.07) is 9.65. The van der Waals surface area contributed by atoms with Gasteiger partial charge >= 0.3 is 6.09 Å². The highest BCUT2D eigenvalue weighted by molar-refractivity contribution is 7.96. The SMILES string of the molecule is O=C(S)CNC(=O)OCC=Cc1ccccc1. The topological polar surface area (TPSA) is 55.4 Å². The van der Waals surface area contributed by atoms with Gasteiger partial charge in [0.1, 0.15) is 6.61 Å². The third kappa shape index (κ3) is 6.42. The first-order valence-electron chi connectivity index (χ1n) is 5.02. The molecule has 1 N–H and O–H groups in total. The largest absolute Gasteiger partial charge is 0.445 e. The molecular formula is C12H13NO3S. The smallest absolute Gasteiger partial charge is 0.407 e. The average Bonchev–Trinajstić information content (AvgIpc) is 2.33. The summed E-state index contributed by atoms with van der Waals surface area (Å²) in [5.41, 5.74) is 1.03. The zero-order chi connectivity index (χ0) is 12.5. The highest BCUT2D eigenvalue weighted by atomic mass is 32.1. The van der Waals surface area contributed by atoms with E-state index in [0.29, 0.717) is 0 Å². The number of ether oxygens (including phenoxy) is 1. The van der Waals surface area contributed by atoms with E-state index in [4.69, 9.17) is 4.74 Å². The van der Waals surface area contributed by atoms with Crippen molar-refractivity contribution in [2.24, 2.45) is 0 Å². The molecule has 0 unspecified atom stereocenters. The van der Waals surface area contributed by atoms with E-state index in [0.717, 1.165) is 5.56 Å². The second-order valence-corrected chi connectivity index (χ2v) is 3.66. The fraction of sp³-hybridized carbons (Fsp3) is 0.167. The number of nitrogens with one attached hydrogen (secondary N) is 1. The molecule has 1 rings (SSSR count). The zero-order valence-corrected chi connectivity index (χ0v) is 10.0. The number of benzene rings is 1. The average molecular weight is 251 g/mol. The van der Waals surface area contributed by atoms with Crippen LogP contribution in [0.2, 0.25) is 0 Å². The number of hydrogen-bond acceptors (Lipinski definition) is 3. The van der Waals surface area contributed by atoms with Crippen LogP contribution in [-0.2, 0) is 9.53 Å². The molecule has 0 heterocycles. The predicted molar refractivity (Wildman–Crippen MR) is 68.8 cm³/mol. The quantitative estimate of drug-likeness (QED) is 0.786. The summed E-state index contributed by atoms with van der Waals surface area (Å²) in [7, 11) is 0. The van der Waals surface area contributed by atoms with Gasteiger partial charge in [-0.15, -0.1) is 12.6 Å². The lowest BCUT2D eigenvalue weighted by atomic mass is 10.2. The van der Waals surface area contributed by atoms with Gasteiger partial charge in [-0.3, -0.25) is 4.79 Å². The monoisotopic (exact) mass is 251 g/mol. The molecule has 0 bridgehead atoms. The van der Waals surface area contributed by atoms with Gasteiger partial charge in [-0.2, -0.15) is 0 Å². The van der Waals surface area contributed by atoms with Crippen molar-refractivity contribution in [3.63, 3.8) is 0 Å². The Bertz CT molecular complexity index is 403. The summed E-state index contributed by atoms with van der Waals surface area (Å²) in [5, 5.41) is 1.84. The van der Waals surface area contributed by atoms with Crippen LogP contribution in [0.4, 0.5) is 4.79 Å². The molecule has 90 valence electrons. The molecule has 4 nitrogen and oxygen atoms in total. The van der Waals surface area contributed by atoms with Crippen LogP contribution in [0.1, 0.15) is 5.56 Å². The van der Waals surface area contributed by atoms with E-state index in [9.17, 15) is 9.59 Å². The van der Waals surface area contributed by atoms with E-state index in [1.807, 2.05) is 36.4 Å². The standard InChI is InChI=1S/C12H13NO3S/c14-11(17)9-13-12(15)16-8-4-7-10-5-2-1-3-6-10/h1-7H,8-9H2,(H,13,15)(H,14,17). The van der Waals surface area contributed by atoms with Crippen molar-refractivity contribution < 1.29 is 14.3 Å². The van der Waals surface area contributed by atoms with Gasteiger partial charge in [0.15, 0.2) is 0 Å². The molecule has 5 heteroatoms. The Morgan fingerprint density at radius 2 is 2.00 bits per heavy atom. The first-order valence-corrected chi connectivity index (χ1v) is 5.47. The lowest BCUT2D eigenvalue weighted by molar-refractivity contribution is -0.110. The minimum absolute atomic E-state index is 0.135. The van der Waals surface area contributed by atoms with E-state index < -0.39 is 11.2 Å². The molecule has 0 aliphatic heterocycles. The predicted octanol–water partition coefficient (Wildman–Crippen LogP) is 1.88. The number of alkyl carbamates (subject to hydrolysis) is 1. The molecule has 1 aromatic carbocycles. The van der Waals surface area contributed by atoms with E-state index >= 15 is 0 Å². The van der Waals surface area contributed by atoms with Crippen LogP contribution in [0.15, 0.2) is 36.4 Å². The van der Waals surface area contributed by atoms with Gasteiger partial charge < -0.3 is 10.1 Å². The number of carbonyl (C=O) groups is 2. The van der Waals surface area contributed by atoms with Gasteiger partial charge in [0.05, 0.1) is 6.54 Å². The first kappa shape index (κ1) is 13.3. The lowest BCUT2D eigenvalue weighted by Gasteiger charge is -2.02. The molecule has 0 spiro atoms. The summed E-state index contributed by atoms with van der Waals surface area (Å²) in [5.74, 6) is 0. The van der Waals surface area contributed by atoms with Crippen molar-refractivity contribution in [2.75, 3.05) is 13.2 Å². The van der Waals surface area contributed by atoms with Gasteiger partial charge in [0.2, 0.25) is 5.12 Å². The van der Waals surface area contributed by atoms with Crippen molar-refractivity contribution in [2.45, 2.75) is 0 Å². The van der Waals surface area contributed by atoms with Crippen LogP contribution in [0.3, 0.4) is 0 Å². The van der Waals surface area contributed by atoms with Crippen molar-refractivity contribution in [3.05, 3.63) is 42.0 Å². The third-order valence-electron chi connectivity index (χ3n) is 1.80. The van der Waals surface area contributed by atoms with Gasteiger partial charge in [-0.05, 0) is 11.6 Å². The first-order chi connectivity index (χ1) is 8.18. The number of amides is 1. The summed E-state index contributed by atoms with van der Waals surface area (Å²) < 4.78 is 4.79. The molecule has 1 amide bonds. The van der Waals surface area contributed by atoms with Crippen LogP contribution < -0.4 is 5.32 Å². The Morgan fingerprint density at radius 1 is 1.29 bits per heavy atom. The fourth-order valence-electron chi connectivity index (χ4n) is 1.07. The highest BCUT2D eigenvalue weighted by Gasteiger charge is 2.01. The van der Waals surface area contributed by atoms with Crippen molar-refractivity contribution in [1.82, 2.24) is 5.32 Å². The lowest BCUT2D eigenvalue weighted by Crippen LogP contribution is -2.28. The maximum atomic E-state index is 11.0. The van der Waals surface area contributed by atoms with Crippen molar-refractivity contribution in [1.29, 1.82) is 0 Å². The molecular weight excluding hydrogens is 238 g/mol. The van der Waals surface area contributed by atoms with Crippen LogP contribution in [0, 0.1) is 0 Å². The summed E-state index contributed by atoms with van der Waals surface area (Å²) in [6.07, 6.45) is 2.93. The van der Waals surface area contributed by atoms with Crippen LogP contribution in [0.5, 0.6) is 0 Å². The number of rotatable bonds is 5. The maximum Gasteiger partial charge on any atom is 0.407 e. The minimum atomic E-state index is -0.634. The Balaban J connectivity index is 2.21. The molecule has 0 aromatic heterocycles. The second kappa shape index (κ2) is 7.51. The van der Waals surface area contributed by atoms with E-state index in [2.05, 4.69) is 17.9 Å². The van der Waals surface area contributed by atoms with Gasteiger partial charge in [-0.25, -0.2) is 4.79 Å². The van der Waals surface area contributed by atoms with Gasteiger partial charge in [0, 0.05) is 0 Å². The number of thiol groups is 1. The molecule has 0 saturated heterocycles. The molecule has 0 saturated carbocycles. The molecule has 1 aromatic rings. The minimum Gasteiger partial charge on any atom is -0.445 e. The molecule has 0 aliphatic rings. The Hall–Kier alpha value is -1.75. The molecule has 0 radical (unpaired) electrons. The van der Waals surface area contributed by atoms with Gasteiger partial charge in [-0.1, -0.05) is 36.4 Å². The van der Waals surface area contributed by atoms with E-state index in [1.54, 1.807) is 6.08 Å². The normalized spacial score (nSPS) is 10.2. The molecule has 0 aliphatic carbocycles. The Kier molecular flexibility index (Phi) is 5.88. The van der Waals surface area contributed by atoms with Crippen LogP contribution in [0.25, 0.3) is 6.08 Å². The van der Waals surface area contributed by atoms with E-state index in [-0.39, 0.29) is 13.2 Å².